The van der Waals surface area contributed by atoms with Gasteiger partial charge in [0.05, 0.1) is 25.0 Å². The minimum atomic E-state index is -0.0452. The third-order valence-corrected chi connectivity index (χ3v) is 2.22. The summed E-state index contributed by atoms with van der Waals surface area (Å²) in [4.78, 5) is 10.3. The molecule has 0 amide bonds. The van der Waals surface area contributed by atoms with Gasteiger partial charge in [0.2, 0.25) is 0 Å². The highest BCUT2D eigenvalue weighted by molar-refractivity contribution is 5.02. The van der Waals surface area contributed by atoms with E-state index in [0.29, 0.717) is 13.1 Å². The third-order valence-electron chi connectivity index (χ3n) is 2.22. The monoisotopic (exact) mass is 226 g/mol. The molecule has 0 spiro atoms. The van der Waals surface area contributed by atoms with Gasteiger partial charge in [-0.3, -0.25) is 5.01 Å². The van der Waals surface area contributed by atoms with E-state index in [1.54, 1.807) is 0 Å². The molecule has 0 aromatic carbocycles. The van der Waals surface area contributed by atoms with Gasteiger partial charge in [-0.05, 0) is 33.6 Å². The van der Waals surface area contributed by atoms with Crippen molar-refractivity contribution in [3.05, 3.63) is 28.2 Å². The van der Waals surface area contributed by atoms with E-state index >= 15 is 0 Å². The van der Waals surface area contributed by atoms with Crippen LogP contribution in [0.1, 0.15) is 33.6 Å². The van der Waals surface area contributed by atoms with Crippen LogP contribution in [0.5, 0.6) is 0 Å². The Balaban J connectivity index is 3.92. The average molecular weight is 226 g/mol. The molecule has 1 N–H and O–H groups in total. The molecule has 16 heavy (non-hydrogen) atoms. The summed E-state index contributed by atoms with van der Waals surface area (Å²) in [6, 6.07) is 0. The highest BCUT2D eigenvalue weighted by Gasteiger charge is 1.98. The Hall–Kier alpha value is -1.16. The predicted octanol–water partition coefficient (Wildman–Crippen LogP) is 2.65. The van der Waals surface area contributed by atoms with Gasteiger partial charge >= 0.3 is 0 Å². The van der Waals surface area contributed by atoms with E-state index in [9.17, 15) is 4.91 Å². The van der Waals surface area contributed by atoms with Gasteiger partial charge in [0.15, 0.2) is 0 Å². The zero-order chi connectivity index (χ0) is 12.4. The van der Waals surface area contributed by atoms with Crippen molar-refractivity contribution < 1.29 is 5.11 Å². The lowest BCUT2D eigenvalue weighted by Gasteiger charge is -2.11. The summed E-state index contributed by atoms with van der Waals surface area (Å²) in [6.45, 7) is 6.93. The van der Waals surface area contributed by atoms with Gasteiger partial charge in [0.1, 0.15) is 0 Å². The Morgan fingerprint density at radius 1 is 1.31 bits per heavy atom. The first-order chi connectivity index (χ1) is 7.60. The number of hydrogen-bond acceptors (Lipinski definition) is 3. The first kappa shape index (κ1) is 14.8. The summed E-state index contributed by atoms with van der Waals surface area (Å²) in [5.74, 6) is 0. The zero-order valence-corrected chi connectivity index (χ0v) is 10.4. The molecule has 0 heterocycles. The van der Waals surface area contributed by atoms with Crippen molar-refractivity contribution in [2.24, 2.45) is 5.29 Å². The van der Waals surface area contributed by atoms with E-state index in [0.717, 1.165) is 12.8 Å². The zero-order valence-electron chi connectivity index (χ0n) is 10.4. The number of nitroso groups, excluding NO2 is 1. The molecular formula is C12H22N2O2. The molecule has 0 radical (unpaired) electrons. The minimum Gasteiger partial charge on any atom is -0.394 e. The smallest absolute Gasteiger partial charge is 0.0627 e. The fourth-order valence-corrected chi connectivity index (χ4v) is 1.23. The van der Waals surface area contributed by atoms with Crippen LogP contribution >= 0.6 is 0 Å². The quantitative estimate of drug-likeness (QED) is 0.393. The van der Waals surface area contributed by atoms with Crippen LogP contribution in [-0.2, 0) is 0 Å². The molecule has 0 aromatic heterocycles. The SMILES string of the molecule is CC(C)=CCC/C(C)=C/CN(CCO)N=O. The molecule has 4 heteroatoms. The fourth-order valence-electron chi connectivity index (χ4n) is 1.23. The molecule has 0 rings (SSSR count). The normalized spacial score (nSPS) is 11.1. The van der Waals surface area contributed by atoms with Gasteiger partial charge in [0, 0.05) is 0 Å². The van der Waals surface area contributed by atoms with Gasteiger partial charge in [-0.25, -0.2) is 0 Å². The number of allylic oxidation sites excluding steroid dienone is 3. The van der Waals surface area contributed by atoms with Gasteiger partial charge in [0.25, 0.3) is 0 Å². The Morgan fingerprint density at radius 3 is 2.50 bits per heavy atom. The van der Waals surface area contributed by atoms with Crippen LogP contribution in [0.2, 0.25) is 0 Å². The molecule has 0 aliphatic carbocycles. The van der Waals surface area contributed by atoms with E-state index in [1.165, 1.54) is 16.2 Å². The topological polar surface area (TPSA) is 52.9 Å². The largest absolute Gasteiger partial charge is 0.394 e. The van der Waals surface area contributed by atoms with Gasteiger partial charge in [-0.1, -0.05) is 23.3 Å². The van der Waals surface area contributed by atoms with Crippen LogP contribution in [-0.4, -0.2) is 29.8 Å². The first-order valence-electron chi connectivity index (χ1n) is 5.58. The van der Waals surface area contributed by atoms with Gasteiger partial charge < -0.3 is 5.11 Å². The molecule has 0 fully saturated rings. The van der Waals surface area contributed by atoms with Crippen molar-refractivity contribution in [2.45, 2.75) is 33.6 Å². The molecular weight excluding hydrogens is 204 g/mol. The van der Waals surface area contributed by atoms with Crippen LogP contribution in [0.25, 0.3) is 0 Å². The number of aliphatic hydroxyl groups is 1. The van der Waals surface area contributed by atoms with E-state index in [4.69, 9.17) is 5.11 Å². The first-order valence-corrected chi connectivity index (χ1v) is 5.58. The second-order valence-corrected chi connectivity index (χ2v) is 4.09. The molecule has 0 unspecified atom stereocenters. The third kappa shape index (κ3) is 8.17. The molecule has 0 saturated heterocycles. The molecule has 0 atom stereocenters. The number of rotatable bonds is 8. The maximum absolute atomic E-state index is 10.3. The summed E-state index contributed by atoms with van der Waals surface area (Å²) in [7, 11) is 0. The molecule has 0 aliphatic rings. The van der Waals surface area contributed by atoms with E-state index in [-0.39, 0.29) is 6.61 Å². The van der Waals surface area contributed by atoms with Gasteiger partial charge in [-0.2, -0.15) is 0 Å². The summed E-state index contributed by atoms with van der Waals surface area (Å²) in [5, 5.41) is 12.8. The van der Waals surface area contributed by atoms with Gasteiger partial charge in [-0.15, -0.1) is 4.91 Å². The highest BCUT2D eigenvalue weighted by Crippen LogP contribution is 2.06. The van der Waals surface area contributed by atoms with E-state index < -0.39 is 0 Å². The van der Waals surface area contributed by atoms with Crippen molar-refractivity contribution in [1.82, 2.24) is 5.01 Å². The number of hydrogen-bond donors (Lipinski definition) is 1. The maximum Gasteiger partial charge on any atom is 0.0627 e. The fraction of sp³-hybridized carbons (Fsp3) is 0.667. The summed E-state index contributed by atoms with van der Waals surface area (Å²) in [6.07, 6.45) is 6.20. The molecule has 92 valence electrons. The Bertz CT molecular complexity index is 256. The van der Waals surface area contributed by atoms with Crippen LogP contribution in [0.15, 0.2) is 28.6 Å². The minimum absolute atomic E-state index is 0.0452. The lowest BCUT2D eigenvalue weighted by molar-refractivity contribution is 0.211. The van der Waals surface area contributed by atoms with Crippen LogP contribution in [0.3, 0.4) is 0 Å². The molecule has 4 nitrogen and oxygen atoms in total. The standard InChI is InChI=1S/C12H22N2O2/c1-11(2)5-4-6-12(3)7-8-14(13-16)9-10-15/h5,7,15H,4,6,8-10H2,1-3H3/b12-7+. The van der Waals surface area contributed by atoms with Crippen LogP contribution < -0.4 is 0 Å². The lowest BCUT2D eigenvalue weighted by Crippen LogP contribution is -2.20. The summed E-state index contributed by atoms with van der Waals surface area (Å²) >= 11 is 0. The van der Waals surface area contributed by atoms with Crippen LogP contribution in [0.4, 0.5) is 0 Å². The second-order valence-electron chi connectivity index (χ2n) is 4.09. The van der Waals surface area contributed by atoms with Crippen molar-refractivity contribution in [1.29, 1.82) is 0 Å². The van der Waals surface area contributed by atoms with Crippen molar-refractivity contribution >= 4 is 0 Å². The summed E-state index contributed by atoms with van der Waals surface area (Å²) in [5.41, 5.74) is 2.56. The van der Waals surface area contributed by atoms with E-state index in [1.807, 2.05) is 13.0 Å². The second kappa shape index (κ2) is 9.09. The lowest BCUT2D eigenvalue weighted by atomic mass is 10.1. The molecule has 0 aromatic rings. The summed E-state index contributed by atoms with van der Waals surface area (Å²) < 4.78 is 0. The predicted molar refractivity (Wildman–Crippen MR) is 66.9 cm³/mol. The highest BCUT2D eigenvalue weighted by atomic mass is 16.3. The maximum atomic E-state index is 10.3. The Kier molecular flexibility index (Phi) is 8.43. The van der Waals surface area contributed by atoms with E-state index in [2.05, 4.69) is 25.2 Å². The molecule has 0 aliphatic heterocycles. The van der Waals surface area contributed by atoms with Crippen molar-refractivity contribution in [3.8, 4) is 0 Å². The number of nitrogens with zero attached hydrogens (tertiary/aromatic N) is 2. The Morgan fingerprint density at radius 2 is 2.00 bits per heavy atom. The van der Waals surface area contributed by atoms with Crippen LogP contribution in [0, 0.1) is 4.91 Å². The van der Waals surface area contributed by atoms with Crippen molar-refractivity contribution in [3.63, 3.8) is 0 Å². The number of aliphatic hydroxyl groups excluding tert-OH is 1. The van der Waals surface area contributed by atoms with Crippen molar-refractivity contribution in [2.75, 3.05) is 19.7 Å². The average Bonchev–Trinajstić information content (AvgIpc) is 2.23. The molecule has 0 bridgehead atoms. The Labute approximate surface area is 97.6 Å². The molecule has 0 saturated carbocycles.